The van der Waals surface area contributed by atoms with E-state index in [4.69, 9.17) is 5.73 Å². The predicted molar refractivity (Wildman–Crippen MR) is 86.1 cm³/mol. The van der Waals surface area contributed by atoms with Gasteiger partial charge in [0.15, 0.2) is 0 Å². The molecule has 0 saturated carbocycles. The van der Waals surface area contributed by atoms with E-state index < -0.39 is 0 Å². The monoisotopic (exact) mass is 278 g/mol. The maximum atomic E-state index is 12.3. The summed E-state index contributed by atoms with van der Waals surface area (Å²) in [6.45, 7) is 2.38. The van der Waals surface area contributed by atoms with E-state index in [0.717, 1.165) is 12.0 Å². The Labute approximate surface area is 125 Å². The highest BCUT2D eigenvalue weighted by molar-refractivity contribution is 6.04. The van der Waals surface area contributed by atoms with E-state index in [2.05, 4.69) is 24.1 Å². The number of benzene rings is 2. The van der Waals surface area contributed by atoms with Crippen LogP contribution < -0.4 is 11.1 Å². The average molecular weight is 278 g/mol. The van der Waals surface area contributed by atoms with Crippen LogP contribution in [0.3, 0.4) is 0 Å². The topological polar surface area (TPSA) is 55.1 Å². The van der Waals surface area contributed by atoms with Gasteiger partial charge in [-0.15, -0.1) is 0 Å². The molecule has 0 atom stereocenters. The van der Waals surface area contributed by atoms with Crippen molar-refractivity contribution in [3.63, 3.8) is 0 Å². The van der Waals surface area contributed by atoms with E-state index in [1.807, 2.05) is 48.5 Å². The molecule has 3 nitrogen and oxygen atoms in total. The number of anilines is 1. The van der Waals surface area contributed by atoms with Crippen LogP contribution in [0, 0.1) is 11.8 Å². The molecule has 2 rings (SSSR count). The summed E-state index contributed by atoms with van der Waals surface area (Å²) in [5.74, 6) is 5.62. The summed E-state index contributed by atoms with van der Waals surface area (Å²) >= 11 is 0. The number of para-hydroxylation sites is 1. The predicted octanol–water partition coefficient (Wildman–Crippen LogP) is 2.81. The lowest BCUT2D eigenvalue weighted by Gasteiger charge is -2.08. The Bertz CT molecular complexity index is 678. The lowest BCUT2D eigenvalue weighted by Crippen LogP contribution is -2.12. The van der Waals surface area contributed by atoms with Crippen LogP contribution in [0.4, 0.5) is 5.69 Å². The van der Waals surface area contributed by atoms with E-state index in [0.29, 0.717) is 17.8 Å². The Hall–Kier alpha value is -2.57. The van der Waals surface area contributed by atoms with Gasteiger partial charge in [0.25, 0.3) is 5.91 Å². The summed E-state index contributed by atoms with van der Waals surface area (Å²) in [6, 6.07) is 15.0. The highest BCUT2D eigenvalue weighted by Gasteiger charge is 2.07. The van der Waals surface area contributed by atoms with Crippen LogP contribution in [0.1, 0.15) is 28.4 Å². The number of carbonyl (C=O) groups is 1. The second-order valence-corrected chi connectivity index (χ2v) is 4.56. The summed E-state index contributed by atoms with van der Waals surface area (Å²) in [6.07, 6.45) is 0.958. The van der Waals surface area contributed by atoms with E-state index in [1.165, 1.54) is 5.56 Å². The lowest BCUT2D eigenvalue weighted by molar-refractivity contribution is 0.102. The molecule has 1 amide bonds. The fourth-order valence-corrected chi connectivity index (χ4v) is 1.93. The molecule has 0 fully saturated rings. The first-order valence-corrected chi connectivity index (χ1v) is 6.93. The molecule has 3 heteroatoms. The fourth-order valence-electron chi connectivity index (χ4n) is 1.93. The molecule has 0 heterocycles. The summed E-state index contributed by atoms with van der Waals surface area (Å²) in [4.78, 5) is 12.3. The second-order valence-electron chi connectivity index (χ2n) is 4.56. The van der Waals surface area contributed by atoms with E-state index in [9.17, 15) is 4.79 Å². The van der Waals surface area contributed by atoms with E-state index in [1.54, 1.807) is 0 Å². The molecule has 0 radical (unpaired) electrons. The number of amides is 1. The van der Waals surface area contributed by atoms with Gasteiger partial charge in [0.2, 0.25) is 0 Å². The first kappa shape index (κ1) is 14.8. The molecule has 0 aliphatic heterocycles. The van der Waals surface area contributed by atoms with Crippen LogP contribution in [0.2, 0.25) is 0 Å². The van der Waals surface area contributed by atoms with Crippen LogP contribution in [-0.4, -0.2) is 12.5 Å². The zero-order valence-electron chi connectivity index (χ0n) is 12.0. The van der Waals surface area contributed by atoms with Crippen molar-refractivity contribution in [1.82, 2.24) is 0 Å². The van der Waals surface area contributed by atoms with E-state index >= 15 is 0 Å². The largest absolute Gasteiger partial charge is 0.321 e. The molecule has 2 aromatic carbocycles. The molecule has 0 aliphatic carbocycles. The van der Waals surface area contributed by atoms with Crippen molar-refractivity contribution in [2.24, 2.45) is 5.73 Å². The van der Waals surface area contributed by atoms with Crippen LogP contribution in [-0.2, 0) is 6.42 Å². The van der Waals surface area contributed by atoms with Gasteiger partial charge < -0.3 is 11.1 Å². The minimum Gasteiger partial charge on any atom is -0.321 e. The van der Waals surface area contributed by atoms with Crippen LogP contribution in [0.15, 0.2) is 48.5 Å². The second kappa shape index (κ2) is 7.28. The zero-order chi connectivity index (χ0) is 15.1. The first-order chi connectivity index (χ1) is 10.2. The number of nitrogens with two attached hydrogens (primary N) is 1. The van der Waals surface area contributed by atoms with Crippen molar-refractivity contribution in [2.75, 3.05) is 11.9 Å². The number of carbonyl (C=O) groups excluding carboxylic acids is 1. The van der Waals surface area contributed by atoms with Gasteiger partial charge in [-0.2, -0.15) is 0 Å². The average Bonchev–Trinajstić information content (AvgIpc) is 2.54. The lowest BCUT2D eigenvalue weighted by atomic mass is 10.1. The minimum absolute atomic E-state index is 0.139. The van der Waals surface area contributed by atoms with Crippen LogP contribution in [0.25, 0.3) is 0 Å². The maximum Gasteiger partial charge on any atom is 0.255 e. The molecular weight excluding hydrogens is 260 g/mol. The maximum absolute atomic E-state index is 12.3. The summed E-state index contributed by atoms with van der Waals surface area (Å²) in [7, 11) is 0. The molecule has 21 heavy (non-hydrogen) atoms. The number of aryl methyl sites for hydroxylation is 1. The quantitative estimate of drug-likeness (QED) is 0.848. The van der Waals surface area contributed by atoms with Gasteiger partial charge in [-0.25, -0.2) is 0 Å². The minimum atomic E-state index is -0.139. The first-order valence-electron chi connectivity index (χ1n) is 6.93. The Morgan fingerprint density at radius 3 is 2.52 bits per heavy atom. The Balaban J connectivity index is 2.19. The highest BCUT2D eigenvalue weighted by atomic mass is 16.1. The van der Waals surface area contributed by atoms with Crippen molar-refractivity contribution < 1.29 is 4.79 Å². The highest BCUT2D eigenvalue weighted by Crippen LogP contribution is 2.15. The molecule has 0 aliphatic rings. The summed E-state index contributed by atoms with van der Waals surface area (Å²) < 4.78 is 0. The summed E-state index contributed by atoms with van der Waals surface area (Å²) in [5.41, 5.74) is 8.69. The Morgan fingerprint density at radius 2 is 1.86 bits per heavy atom. The molecule has 106 valence electrons. The summed E-state index contributed by atoms with van der Waals surface area (Å²) in [5, 5.41) is 2.89. The molecule has 0 bridgehead atoms. The normalized spacial score (nSPS) is 9.62. The van der Waals surface area contributed by atoms with Gasteiger partial charge in [-0.3, -0.25) is 4.79 Å². The number of hydrogen-bond donors (Lipinski definition) is 2. The number of rotatable bonds is 3. The molecule has 0 aromatic heterocycles. The zero-order valence-corrected chi connectivity index (χ0v) is 12.0. The molecule has 0 saturated heterocycles. The molecule has 2 aromatic rings. The Kier molecular flexibility index (Phi) is 5.14. The molecule has 0 spiro atoms. The van der Waals surface area contributed by atoms with Crippen molar-refractivity contribution in [3.8, 4) is 11.8 Å². The van der Waals surface area contributed by atoms with Crippen LogP contribution in [0.5, 0.6) is 0 Å². The SMILES string of the molecule is CCc1ccc(C(=O)Nc2ccccc2C#CCN)cc1. The standard InChI is InChI=1S/C18H18N2O/c1-2-14-9-11-16(12-10-14)18(21)20-17-8-4-3-6-15(17)7-5-13-19/h3-4,6,8-12H,2,13,19H2,1H3,(H,20,21). The third kappa shape index (κ3) is 3.95. The smallest absolute Gasteiger partial charge is 0.255 e. The van der Waals surface area contributed by atoms with Gasteiger partial charge in [0.05, 0.1) is 12.2 Å². The van der Waals surface area contributed by atoms with Gasteiger partial charge in [-0.1, -0.05) is 43.0 Å². The van der Waals surface area contributed by atoms with Crippen molar-refractivity contribution in [2.45, 2.75) is 13.3 Å². The molecule has 0 unspecified atom stereocenters. The van der Waals surface area contributed by atoms with Crippen molar-refractivity contribution >= 4 is 11.6 Å². The van der Waals surface area contributed by atoms with Crippen molar-refractivity contribution in [3.05, 3.63) is 65.2 Å². The third-order valence-corrected chi connectivity index (χ3v) is 3.12. The van der Waals surface area contributed by atoms with Gasteiger partial charge in [0.1, 0.15) is 0 Å². The fraction of sp³-hybridized carbons (Fsp3) is 0.167. The van der Waals surface area contributed by atoms with Crippen molar-refractivity contribution in [1.29, 1.82) is 0 Å². The van der Waals surface area contributed by atoms with Gasteiger partial charge >= 0.3 is 0 Å². The number of hydrogen-bond acceptors (Lipinski definition) is 2. The van der Waals surface area contributed by atoms with Gasteiger partial charge in [-0.05, 0) is 36.2 Å². The van der Waals surface area contributed by atoms with Crippen LogP contribution >= 0.6 is 0 Å². The van der Waals surface area contributed by atoms with Gasteiger partial charge in [0, 0.05) is 11.1 Å². The molecular formula is C18H18N2O. The van der Waals surface area contributed by atoms with E-state index in [-0.39, 0.29) is 5.91 Å². The third-order valence-electron chi connectivity index (χ3n) is 3.12. The Morgan fingerprint density at radius 1 is 1.14 bits per heavy atom. The number of nitrogens with one attached hydrogen (secondary N) is 1. The molecule has 3 N–H and O–H groups in total.